The van der Waals surface area contributed by atoms with Crippen molar-refractivity contribution in [2.45, 2.75) is 31.2 Å². The SMILES string of the molecule is O=C=NC1(c2c(F)ccc(Br)c2O)CCCC1. The van der Waals surface area contributed by atoms with E-state index in [2.05, 4.69) is 20.9 Å². The number of phenolic OH excluding ortho intramolecular Hbond substituents is 1. The predicted molar refractivity (Wildman–Crippen MR) is 64.0 cm³/mol. The lowest BCUT2D eigenvalue weighted by atomic mass is 9.88. The van der Waals surface area contributed by atoms with Crippen LogP contribution in [0.5, 0.6) is 5.75 Å². The van der Waals surface area contributed by atoms with Crippen molar-refractivity contribution in [2.24, 2.45) is 4.99 Å². The summed E-state index contributed by atoms with van der Waals surface area (Å²) in [5.41, 5.74) is -0.840. The third-order valence-corrected chi connectivity index (χ3v) is 3.87. The minimum absolute atomic E-state index is 0.104. The van der Waals surface area contributed by atoms with Crippen LogP contribution in [-0.2, 0) is 10.3 Å². The zero-order valence-electron chi connectivity index (χ0n) is 9.04. The molecule has 3 nitrogen and oxygen atoms in total. The predicted octanol–water partition coefficient (Wildman–Crippen LogP) is 3.40. The molecular formula is C12H11BrFNO2. The molecule has 0 saturated heterocycles. The Kier molecular flexibility index (Phi) is 3.31. The van der Waals surface area contributed by atoms with Crippen molar-refractivity contribution in [1.82, 2.24) is 0 Å². The highest BCUT2D eigenvalue weighted by atomic mass is 79.9. The molecule has 1 fully saturated rings. The Bertz CT molecular complexity index is 492. The second kappa shape index (κ2) is 4.59. The van der Waals surface area contributed by atoms with Gasteiger partial charge in [0, 0.05) is 0 Å². The highest BCUT2D eigenvalue weighted by Crippen LogP contribution is 2.48. The molecule has 1 N–H and O–H groups in total. The summed E-state index contributed by atoms with van der Waals surface area (Å²) < 4.78 is 14.3. The second-order valence-corrected chi connectivity index (χ2v) is 5.05. The average Bonchev–Trinajstić information content (AvgIpc) is 2.74. The molecule has 0 atom stereocenters. The van der Waals surface area contributed by atoms with Gasteiger partial charge in [-0.05, 0) is 40.9 Å². The number of rotatable bonds is 2. The van der Waals surface area contributed by atoms with Crippen LogP contribution in [0.25, 0.3) is 0 Å². The van der Waals surface area contributed by atoms with Crippen LogP contribution >= 0.6 is 15.9 Å². The van der Waals surface area contributed by atoms with Crippen LogP contribution in [-0.4, -0.2) is 11.2 Å². The lowest BCUT2D eigenvalue weighted by Crippen LogP contribution is -2.21. The molecule has 1 aliphatic carbocycles. The van der Waals surface area contributed by atoms with E-state index in [-0.39, 0.29) is 11.3 Å². The van der Waals surface area contributed by atoms with Crippen molar-refractivity contribution >= 4 is 22.0 Å². The monoisotopic (exact) mass is 299 g/mol. The maximum absolute atomic E-state index is 13.9. The van der Waals surface area contributed by atoms with Crippen molar-refractivity contribution in [3.8, 4) is 5.75 Å². The van der Waals surface area contributed by atoms with Gasteiger partial charge in [0.2, 0.25) is 6.08 Å². The van der Waals surface area contributed by atoms with Crippen molar-refractivity contribution in [2.75, 3.05) is 0 Å². The van der Waals surface area contributed by atoms with Crippen LogP contribution in [0.4, 0.5) is 4.39 Å². The average molecular weight is 300 g/mol. The molecule has 1 aromatic carbocycles. The lowest BCUT2D eigenvalue weighted by molar-refractivity contribution is 0.386. The van der Waals surface area contributed by atoms with Crippen LogP contribution in [0.1, 0.15) is 31.2 Å². The molecule has 1 aromatic rings. The number of hydrogen-bond donors (Lipinski definition) is 1. The molecule has 0 radical (unpaired) electrons. The number of aliphatic imine (C=N–C) groups is 1. The van der Waals surface area contributed by atoms with Crippen LogP contribution in [0, 0.1) is 5.82 Å². The number of benzene rings is 1. The van der Waals surface area contributed by atoms with Crippen molar-refractivity contribution in [3.05, 3.63) is 28.0 Å². The van der Waals surface area contributed by atoms with Crippen molar-refractivity contribution in [3.63, 3.8) is 0 Å². The van der Waals surface area contributed by atoms with E-state index in [9.17, 15) is 14.3 Å². The normalized spacial score (nSPS) is 17.8. The summed E-state index contributed by atoms with van der Waals surface area (Å²) in [5.74, 6) is -0.711. The van der Waals surface area contributed by atoms with Gasteiger partial charge in [0.1, 0.15) is 17.1 Å². The molecule has 0 aliphatic heterocycles. The van der Waals surface area contributed by atoms with E-state index in [4.69, 9.17) is 0 Å². The number of isocyanates is 1. The van der Waals surface area contributed by atoms with Gasteiger partial charge in [-0.3, -0.25) is 0 Å². The van der Waals surface area contributed by atoms with Crippen LogP contribution in [0.3, 0.4) is 0 Å². The fraction of sp³-hybridized carbons (Fsp3) is 0.417. The standard InChI is InChI=1S/C12H11BrFNO2/c13-8-3-4-9(14)10(11(8)17)12(15-7-16)5-1-2-6-12/h3-4,17H,1-2,5-6H2. The van der Waals surface area contributed by atoms with E-state index in [1.54, 1.807) is 0 Å². The summed E-state index contributed by atoms with van der Waals surface area (Å²) in [6, 6.07) is 2.70. The molecule has 1 aliphatic rings. The molecule has 90 valence electrons. The molecule has 0 heterocycles. The zero-order chi connectivity index (χ0) is 12.5. The highest BCUT2D eigenvalue weighted by molar-refractivity contribution is 9.10. The summed E-state index contributed by atoms with van der Waals surface area (Å²) in [5, 5.41) is 9.95. The third kappa shape index (κ3) is 2.01. The van der Waals surface area contributed by atoms with Gasteiger partial charge in [-0.2, -0.15) is 4.99 Å². The van der Waals surface area contributed by atoms with Crippen LogP contribution in [0.15, 0.2) is 21.6 Å². The van der Waals surface area contributed by atoms with Gasteiger partial charge in [0.15, 0.2) is 0 Å². The topological polar surface area (TPSA) is 49.7 Å². The van der Waals surface area contributed by atoms with E-state index in [0.29, 0.717) is 17.3 Å². The Balaban J connectivity index is 2.65. The minimum atomic E-state index is -0.945. The third-order valence-electron chi connectivity index (χ3n) is 3.23. The van der Waals surface area contributed by atoms with E-state index < -0.39 is 11.4 Å². The quantitative estimate of drug-likeness (QED) is 0.672. The molecular weight excluding hydrogens is 289 g/mol. The molecule has 5 heteroatoms. The van der Waals surface area contributed by atoms with E-state index in [1.807, 2.05) is 0 Å². The number of carbonyl (C=O) groups excluding carboxylic acids is 1. The number of halogens is 2. The molecule has 0 bridgehead atoms. The van der Waals surface area contributed by atoms with Gasteiger partial charge < -0.3 is 5.11 Å². The number of nitrogens with zero attached hydrogens (tertiary/aromatic N) is 1. The zero-order valence-corrected chi connectivity index (χ0v) is 10.6. The Morgan fingerprint density at radius 2 is 2.06 bits per heavy atom. The maximum atomic E-state index is 13.9. The fourth-order valence-corrected chi connectivity index (χ4v) is 2.78. The van der Waals surface area contributed by atoms with Gasteiger partial charge in [-0.1, -0.05) is 12.8 Å². The minimum Gasteiger partial charge on any atom is -0.506 e. The first-order chi connectivity index (χ1) is 8.10. The molecule has 0 amide bonds. The first-order valence-corrected chi connectivity index (χ1v) is 6.16. The van der Waals surface area contributed by atoms with Gasteiger partial charge in [-0.25, -0.2) is 9.18 Å². The molecule has 0 spiro atoms. The summed E-state index contributed by atoms with van der Waals surface area (Å²) in [4.78, 5) is 14.3. The first kappa shape index (κ1) is 12.3. The van der Waals surface area contributed by atoms with E-state index in [0.717, 1.165) is 12.8 Å². The summed E-state index contributed by atoms with van der Waals surface area (Å²) in [6.07, 6.45) is 4.34. The smallest absolute Gasteiger partial charge is 0.235 e. The van der Waals surface area contributed by atoms with Crippen LogP contribution < -0.4 is 0 Å². The van der Waals surface area contributed by atoms with E-state index >= 15 is 0 Å². The highest BCUT2D eigenvalue weighted by Gasteiger charge is 2.40. The molecule has 2 rings (SSSR count). The molecule has 0 aromatic heterocycles. The summed E-state index contributed by atoms with van der Waals surface area (Å²) in [7, 11) is 0. The fourth-order valence-electron chi connectivity index (χ4n) is 2.45. The molecule has 0 unspecified atom stereocenters. The Morgan fingerprint density at radius 1 is 1.41 bits per heavy atom. The van der Waals surface area contributed by atoms with Crippen molar-refractivity contribution in [1.29, 1.82) is 0 Å². The summed E-state index contributed by atoms with van der Waals surface area (Å²) in [6.45, 7) is 0. The summed E-state index contributed by atoms with van der Waals surface area (Å²) >= 11 is 3.15. The maximum Gasteiger partial charge on any atom is 0.235 e. The molecule has 17 heavy (non-hydrogen) atoms. The van der Waals surface area contributed by atoms with Gasteiger partial charge in [0.25, 0.3) is 0 Å². The van der Waals surface area contributed by atoms with Crippen LogP contribution in [0.2, 0.25) is 0 Å². The van der Waals surface area contributed by atoms with Gasteiger partial charge in [0.05, 0.1) is 10.0 Å². The Labute approximate surface area is 106 Å². The molecule has 1 saturated carbocycles. The number of aromatic hydroxyl groups is 1. The second-order valence-electron chi connectivity index (χ2n) is 4.19. The Hall–Kier alpha value is -1.19. The van der Waals surface area contributed by atoms with Gasteiger partial charge in [-0.15, -0.1) is 0 Å². The van der Waals surface area contributed by atoms with Gasteiger partial charge >= 0.3 is 0 Å². The largest absolute Gasteiger partial charge is 0.506 e. The first-order valence-electron chi connectivity index (χ1n) is 5.37. The lowest BCUT2D eigenvalue weighted by Gasteiger charge is -2.24. The Morgan fingerprint density at radius 3 is 2.65 bits per heavy atom. The van der Waals surface area contributed by atoms with E-state index in [1.165, 1.54) is 18.2 Å². The number of phenols is 1. The number of hydrogen-bond acceptors (Lipinski definition) is 3. The van der Waals surface area contributed by atoms with Crippen molar-refractivity contribution < 1.29 is 14.3 Å².